The SMILES string of the molecule is CCCCO/N=C(/C(=O)NC1C(=O)N2C(C(=O)O)=C(CSc3nnnn3C)CSC12)c1csc(N)n1. The van der Waals surface area contributed by atoms with Crippen molar-refractivity contribution in [3.8, 4) is 0 Å². The van der Waals surface area contributed by atoms with Crippen molar-refractivity contribution in [3.05, 3.63) is 22.3 Å². The second kappa shape index (κ2) is 11.3. The van der Waals surface area contributed by atoms with Gasteiger partial charge in [0, 0.05) is 23.9 Å². The lowest BCUT2D eigenvalue weighted by Gasteiger charge is -2.49. The zero-order valence-electron chi connectivity index (χ0n) is 19.3. The van der Waals surface area contributed by atoms with Gasteiger partial charge in [-0.05, 0) is 22.4 Å². The molecule has 192 valence electrons. The molecule has 2 aromatic heterocycles. The highest BCUT2D eigenvalue weighted by Crippen LogP contribution is 2.41. The third-order valence-electron chi connectivity index (χ3n) is 5.22. The number of hydrogen-bond acceptors (Lipinski definition) is 13. The van der Waals surface area contributed by atoms with E-state index in [0.29, 0.717) is 28.8 Å². The number of hydrogen-bond donors (Lipinski definition) is 3. The third-order valence-corrected chi connectivity index (χ3v) is 8.33. The van der Waals surface area contributed by atoms with E-state index in [0.717, 1.165) is 24.2 Å². The Morgan fingerprint density at radius 3 is 2.89 bits per heavy atom. The zero-order chi connectivity index (χ0) is 25.8. The number of fused-ring (bicyclic) bond motifs is 1. The van der Waals surface area contributed by atoms with Crippen LogP contribution < -0.4 is 11.1 Å². The fraction of sp³-hybridized carbons (Fsp3) is 0.474. The van der Waals surface area contributed by atoms with Crippen LogP contribution in [0.4, 0.5) is 5.13 Å². The number of thioether (sulfide) groups is 2. The molecule has 2 aliphatic heterocycles. The predicted octanol–water partition coefficient (Wildman–Crippen LogP) is 0.301. The number of amides is 2. The number of rotatable bonds is 11. The van der Waals surface area contributed by atoms with E-state index in [1.165, 1.54) is 33.1 Å². The van der Waals surface area contributed by atoms with Gasteiger partial charge < -0.3 is 21.0 Å². The molecule has 2 unspecified atom stereocenters. The van der Waals surface area contributed by atoms with Crippen LogP contribution in [0.5, 0.6) is 0 Å². The second-order valence-corrected chi connectivity index (χ2v) is 10.6. The number of nitrogen functional groups attached to an aromatic ring is 1. The Morgan fingerprint density at radius 2 is 2.25 bits per heavy atom. The van der Waals surface area contributed by atoms with E-state index in [1.807, 2.05) is 6.92 Å². The Bertz CT molecular complexity index is 1230. The highest BCUT2D eigenvalue weighted by atomic mass is 32.2. The van der Waals surface area contributed by atoms with Crippen molar-refractivity contribution in [2.45, 2.75) is 36.3 Å². The molecule has 4 rings (SSSR count). The number of unbranched alkanes of at least 4 members (excludes halogenated alkanes) is 1. The number of thiazole rings is 1. The Kier molecular flexibility index (Phi) is 8.10. The summed E-state index contributed by atoms with van der Waals surface area (Å²) >= 11 is 3.78. The summed E-state index contributed by atoms with van der Waals surface area (Å²) in [5, 5.41) is 29.4. The molecule has 4 N–H and O–H groups in total. The van der Waals surface area contributed by atoms with Crippen LogP contribution in [0.25, 0.3) is 0 Å². The topological polar surface area (TPSA) is 191 Å². The minimum atomic E-state index is -1.21. The number of carboxylic acid groups (broad SMARTS) is 1. The smallest absolute Gasteiger partial charge is 0.352 e. The fourth-order valence-electron chi connectivity index (χ4n) is 3.42. The normalized spacial score (nSPS) is 19.7. The Morgan fingerprint density at radius 1 is 1.44 bits per heavy atom. The molecule has 2 aromatic rings. The van der Waals surface area contributed by atoms with E-state index in [2.05, 4.69) is 31.0 Å². The van der Waals surface area contributed by atoms with Crippen LogP contribution in [0.3, 0.4) is 0 Å². The first kappa shape index (κ1) is 25.9. The highest BCUT2D eigenvalue weighted by molar-refractivity contribution is 8.01. The lowest BCUT2D eigenvalue weighted by atomic mass is 10.0. The number of carbonyl (C=O) groups excluding carboxylic acids is 2. The molecule has 0 saturated carbocycles. The van der Waals surface area contributed by atoms with Gasteiger partial charge in [-0.1, -0.05) is 30.3 Å². The van der Waals surface area contributed by atoms with Gasteiger partial charge in [-0.15, -0.1) is 28.2 Å². The van der Waals surface area contributed by atoms with Crippen molar-refractivity contribution in [1.82, 2.24) is 35.4 Å². The minimum absolute atomic E-state index is 0.0825. The Balaban J connectivity index is 1.48. The number of aliphatic carboxylic acids is 1. The monoisotopic (exact) mass is 553 g/mol. The Labute approximate surface area is 217 Å². The summed E-state index contributed by atoms with van der Waals surface area (Å²) in [5.41, 5.74) is 6.32. The van der Waals surface area contributed by atoms with Crippen LogP contribution in [-0.4, -0.2) is 88.2 Å². The largest absolute Gasteiger partial charge is 0.477 e. The number of carboxylic acids is 1. The van der Waals surface area contributed by atoms with E-state index >= 15 is 0 Å². The van der Waals surface area contributed by atoms with Crippen molar-refractivity contribution >= 4 is 63.5 Å². The quantitative estimate of drug-likeness (QED) is 0.114. The van der Waals surface area contributed by atoms with Crippen molar-refractivity contribution in [3.63, 3.8) is 0 Å². The van der Waals surface area contributed by atoms with E-state index in [9.17, 15) is 19.5 Å². The van der Waals surface area contributed by atoms with Crippen LogP contribution in [0.1, 0.15) is 25.5 Å². The first-order valence-electron chi connectivity index (χ1n) is 10.8. The van der Waals surface area contributed by atoms with Crippen LogP contribution in [-0.2, 0) is 26.3 Å². The number of aryl methyl sites for hydroxylation is 1. The van der Waals surface area contributed by atoms with Gasteiger partial charge >= 0.3 is 5.97 Å². The number of β-lactam (4-membered cyclic amide) rings is 1. The van der Waals surface area contributed by atoms with Crippen molar-refractivity contribution < 1.29 is 24.3 Å². The lowest BCUT2D eigenvalue weighted by Crippen LogP contribution is -2.71. The van der Waals surface area contributed by atoms with Gasteiger partial charge in [-0.2, -0.15) is 0 Å². The van der Waals surface area contributed by atoms with Gasteiger partial charge in [0.25, 0.3) is 11.8 Å². The number of anilines is 1. The number of nitrogens with zero attached hydrogens (tertiary/aromatic N) is 7. The van der Waals surface area contributed by atoms with Gasteiger partial charge in [0.2, 0.25) is 5.16 Å². The van der Waals surface area contributed by atoms with Crippen molar-refractivity contribution in [1.29, 1.82) is 0 Å². The van der Waals surface area contributed by atoms with Crippen LogP contribution in [0.2, 0.25) is 0 Å². The first-order valence-corrected chi connectivity index (χ1v) is 13.7. The van der Waals surface area contributed by atoms with Gasteiger partial charge in [0.15, 0.2) is 10.8 Å². The highest BCUT2D eigenvalue weighted by Gasteiger charge is 2.54. The summed E-state index contributed by atoms with van der Waals surface area (Å²) in [7, 11) is 1.68. The summed E-state index contributed by atoms with van der Waals surface area (Å²) in [5.74, 6) is -1.73. The standard InChI is InChI=1S/C19H23N9O5S3/c1-3-4-5-33-24-11(10-8-35-18(20)21-10)14(29)22-12-15(30)28-13(17(31)32)9(6-34-16(12)28)7-36-19-23-25-26-27(19)2/h8,12,16H,3-7H2,1-2H3,(H2,20,21)(H,22,29)(H,31,32)/b24-11+. The Hall–Kier alpha value is -3.18. The summed E-state index contributed by atoms with van der Waals surface area (Å²) in [6.45, 7) is 2.31. The number of nitrogens with two attached hydrogens (primary N) is 1. The van der Waals surface area contributed by atoms with Crippen molar-refractivity contribution in [2.75, 3.05) is 23.8 Å². The number of tetrazole rings is 1. The molecule has 2 aliphatic rings. The van der Waals surface area contributed by atoms with Crippen LogP contribution in [0.15, 0.2) is 27.0 Å². The molecule has 1 fully saturated rings. The minimum Gasteiger partial charge on any atom is -0.477 e. The molecule has 1 saturated heterocycles. The molecule has 2 amide bonds. The third kappa shape index (κ3) is 5.31. The van der Waals surface area contributed by atoms with Gasteiger partial charge in [0.05, 0.1) is 0 Å². The molecule has 0 aliphatic carbocycles. The van der Waals surface area contributed by atoms with Gasteiger partial charge in [-0.3, -0.25) is 14.5 Å². The predicted molar refractivity (Wildman–Crippen MR) is 133 cm³/mol. The maximum absolute atomic E-state index is 13.1. The molecular formula is C19H23N9O5S3. The molecule has 2 atom stereocenters. The molecular weight excluding hydrogens is 530 g/mol. The molecule has 0 bridgehead atoms. The summed E-state index contributed by atoms with van der Waals surface area (Å²) in [6.07, 6.45) is 1.64. The van der Waals surface area contributed by atoms with E-state index in [4.69, 9.17) is 10.6 Å². The summed E-state index contributed by atoms with van der Waals surface area (Å²) < 4.78 is 1.48. The number of nitrogens with one attached hydrogen (secondary N) is 1. The molecule has 36 heavy (non-hydrogen) atoms. The van der Waals surface area contributed by atoms with E-state index in [-0.39, 0.29) is 22.2 Å². The maximum Gasteiger partial charge on any atom is 0.352 e. The van der Waals surface area contributed by atoms with E-state index in [1.54, 1.807) is 12.4 Å². The van der Waals surface area contributed by atoms with E-state index < -0.39 is 29.2 Å². The summed E-state index contributed by atoms with van der Waals surface area (Å²) in [6, 6.07) is -0.925. The fourth-order valence-corrected chi connectivity index (χ4v) is 6.30. The summed E-state index contributed by atoms with van der Waals surface area (Å²) in [4.78, 5) is 48.7. The van der Waals surface area contributed by atoms with Gasteiger partial charge in [0.1, 0.15) is 29.4 Å². The molecule has 17 heteroatoms. The average Bonchev–Trinajstić information content (AvgIpc) is 3.47. The molecule has 0 spiro atoms. The first-order chi connectivity index (χ1) is 17.3. The zero-order valence-corrected chi connectivity index (χ0v) is 21.7. The maximum atomic E-state index is 13.1. The second-order valence-electron chi connectivity index (χ2n) is 7.69. The molecule has 14 nitrogen and oxygen atoms in total. The number of carbonyl (C=O) groups is 3. The van der Waals surface area contributed by atoms with Gasteiger partial charge in [-0.25, -0.2) is 14.5 Å². The number of oxime groups is 1. The van der Waals surface area contributed by atoms with Crippen LogP contribution >= 0.6 is 34.9 Å². The average molecular weight is 554 g/mol. The molecule has 0 radical (unpaired) electrons. The lowest BCUT2D eigenvalue weighted by molar-refractivity contribution is -0.150. The number of aromatic nitrogens is 5. The van der Waals surface area contributed by atoms with Crippen molar-refractivity contribution in [2.24, 2.45) is 12.2 Å². The van der Waals surface area contributed by atoms with Crippen LogP contribution in [0, 0.1) is 0 Å². The molecule has 4 heterocycles. The molecule has 0 aromatic carbocycles.